The Hall–Kier alpha value is -2.72. The fourth-order valence-electron chi connectivity index (χ4n) is 2.75. The van der Waals surface area contributed by atoms with E-state index in [0.717, 1.165) is 16.8 Å². The van der Waals surface area contributed by atoms with Crippen molar-refractivity contribution >= 4 is 29.5 Å². The van der Waals surface area contributed by atoms with Gasteiger partial charge in [0, 0.05) is 17.2 Å². The number of ether oxygens (including phenoxy) is 1. The van der Waals surface area contributed by atoms with Crippen molar-refractivity contribution in [1.29, 1.82) is 0 Å². The normalized spacial score (nSPS) is 14.8. The Morgan fingerprint density at radius 3 is 2.58 bits per heavy atom. The first-order valence-corrected chi connectivity index (χ1v) is 10.4. The molecule has 0 spiro atoms. The molecule has 3 aromatic rings. The van der Waals surface area contributed by atoms with Crippen LogP contribution in [0.4, 0.5) is 13.2 Å². The molecule has 0 saturated heterocycles. The summed E-state index contributed by atoms with van der Waals surface area (Å²) in [6.07, 6.45) is -2.69. The van der Waals surface area contributed by atoms with Crippen molar-refractivity contribution in [3.8, 4) is 11.7 Å². The number of pyridine rings is 1. The Morgan fingerprint density at radius 1 is 1.19 bits per heavy atom. The maximum absolute atomic E-state index is 13.0. The molecule has 0 unspecified atom stereocenters. The van der Waals surface area contributed by atoms with Crippen molar-refractivity contribution in [2.75, 3.05) is 6.61 Å². The molecule has 0 bridgehead atoms. The summed E-state index contributed by atoms with van der Waals surface area (Å²) in [5.74, 6) is -0.0668. The third kappa shape index (κ3) is 4.80. The third-order valence-corrected chi connectivity index (χ3v) is 5.92. The lowest BCUT2D eigenvalue weighted by molar-refractivity contribution is -0.194. The van der Waals surface area contributed by atoms with Crippen LogP contribution in [-0.2, 0) is 0 Å². The number of nitrogens with one attached hydrogen (secondary N) is 1. The lowest BCUT2D eigenvalue weighted by Crippen LogP contribution is -2.30. The fourth-order valence-corrected chi connectivity index (χ4v) is 3.60. The Labute approximate surface area is 184 Å². The minimum Gasteiger partial charge on any atom is -0.476 e. The highest BCUT2D eigenvalue weighted by molar-refractivity contribution is 7.98. The first-order chi connectivity index (χ1) is 14.8. The topological polar surface area (TPSA) is 69.0 Å². The third-order valence-electron chi connectivity index (χ3n) is 4.83. The molecule has 1 fully saturated rings. The molecular weight excluding hydrogens is 453 g/mol. The average Bonchev–Trinajstić information content (AvgIpc) is 3.41. The number of hydrogen-bond acceptors (Lipinski definition) is 5. The van der Waals surface area contributed by atoms with Crippen LogP contribution in [0, 0.1) is 5.41 Å². The van der Waals surface area contributed by atoms with Crippen molar-refractivity contribution in [3.05, 3.63) is 65.4 Å². The van der Waals surface area contributed by atoms with E-state index in [2.05, 4.69) is 14.8 Å². The van der Waals surface area contributed by atoms with Crippen molar-refractivity contribution in [1.82, 2.24) is 19.5 Å². The van der Waals surface area contributed by atoms with Crippen LogP contribution in [-0.4, -0.2) is 33.5 Å². The quantitative estimate of drug-likeness (QED) is 0.387. The van der Waals surface area contributed by atoms with E-state index >= 15 is 0 Å². The molecule has 2 heterocycles. The van der Waals surface area contributed by atoms with E-state index < -0.39 is 24.1 Å². The standard InChI is InChI=1S/C20H16ClF3N4O2S/c21-17-14(18(29)27-31-13-4-2-1-3-5-13)6-7-15(25-17)28-11-8-16(26-28)30-12-19(9-10-19)20(22,23)24/h1-8,11H,9-10,12H2,(H,27,29). The molecule has 1 saturated carbocycles. The van der Waals surface area contributed by atoms with Gasteiger partial charge < -0.3 is 4.74 Å². The molecule has 0 atom stereocenters. The van der Waals surface area contributed by atoms with E-state index in [1.165, 1.54) is 29.1 Å². The van der Waals surface area contributed by atoms with Gasteiger partial charge in [0.15, 0.2) is 5.82 Å². The predicted molar refractivity (Wildman–Crippen MR) is 109 cm³/mol. The minimum absolute atomic E-state index is 0.0318. The lowest BCUT2D eigenvalue weighted by Gasteiger charge is -2.18. The number of halogens is 4. The van der Waals surface area contributed by atoms with Gasteiger partial charge in [-0.25, -0.2) is 9.67 Å². The number of carbonyl (C=O) groups is 1. The molecule has 11 heteroatoms. The Kier molecular flexibility index (Phi) is 5.85. The van der Waals surface area contributed by atoms with Gasteiger partial charge in [-0.2, -0.15) is 13.2 Å². The van der Waals surface area contributed by atoms with Gasteiger partial charge >= 0.3 is 6.18 Å². The minimum atomic E-state index is -4.29. The second kappa shape index (κ2) is 8.43. The summed E-state index contributed by atoms with van der Waals surface area (Å²) in [6, 6.07) is 13.8. The first-order valence-electron chi connectivity index (χ1n) is 9.22. The van der Waals surface area contributed by atoms with Crippen LogP contribution in [0.15, 0.2) is 59.6 Å². The van der Waals surface area contributed by atoms with Crippen molar-refractivity contribution in [2.45, 2.75) is 23.9 Å². The number of hydrogen-bond donors (Lipinski definition) is 1. The summed E-state index contributed by atoms with van der Waals surface area (Å²) < 4.78 is 48.3. The molecule has 1 aromatic carbocycles. The molecular formula is C20H16ClF3N4O2S. The predicted octanol–water partition coefficient (Wildman–Crippen LogP) is 5.08. The monoisotopic (exact) mass is 468 g/mol. The van der Waals surface area contributed by atoms with Gasteiger partial charge in [0.2, 0.25) is 5.88 Å². The Morgan fingerprint density at radius 2 is 1.94 bits per heavy atom. The van der Waals surface area contributed by atoms with E-state index in [-0.39, 0.29) is 29.4 Å². The number of alkyl halides is 3. The van der Waals surface area contributed by atoms with Crippen LogP contribution in [0.3, 0.4) is 0 Å². The molecule has 2 aromatic heterocycles. The summed E-state index contributed by atoms with van der Waals surface area (Å²) >= 11 is 7.31. The van der Waals surface area contributed by atoms with Crippen molar-refractivity contribution < 1.29 is 22.7 Å². The second-order valence-corrected chi connectivity index (χ2v) is 8.26. The Bertz CT molecular complexity index is 1090. The van der Waals surface area contributed by atoms with Gasteiger partial charge in [-0.15, -0.1) is 5.10 Å². The smallest absolute Gasteiger partial charge is 0.397 e. The van der Waals surface area contributed by atoms with Crippen LogP contribution >= 0.6 is 23.5 Å². The van der Waals surface area contributed by atoms with Gasteiger partial charge in [-0.3, -0.25) is 9.52 Å². The first kappa shape index (κ1) is 21.5. The molecule has 1 amide bonds. The zero-order chi connectivity index (χ0) is 22.1. The molecule has 1 aliphatic rings. The zero-order valence-corrected chi connectivity index (χ0v) is 17.5. The van der Waals surface area contributed by atoms with Crippen LogP contribution < -0.4 is 9.46 Å². The van der Waals surface area contributed by atoms with Crippen LogP contribution in [0.5, 0.6) is 5.88 Å². The highest BCUT2D eigenvalue weighted by Gasteiger charge is 2.64. The summed E-state index contributed by atoms with van der Waals surface area (Å²) in [7, 11) is 0. The summed E-state index contributed by atoms with van der Waals surface area (Å²) in [4.78, 5) is 17.4. The van der Waals surface area contributed by atoms with Crippen molar-refractivity contribution in [2.24, 2.45) is 5.41 Å². The van der Waals surface area contributed by atoms with Gasteiger partial charge in [0.25, 0.3) is 5.91 Å². The molecule has 1 aliphatic carbocycles. The molecule has 0 aliphatic heterocycles. The van der Waals surface area contributed by atoms with E-state index in [1.807, 2.05) is 30.3 Å². The van der Waals surface area contributed by atoms with E-state index in [1.54, 1.807) is 0 Å². The summed E-state index contributed by atoms with van der Waals surface area (Å²) in [6.45, 7) is -0.472. The van der Waals surface area contributed by atoms with E-state index in [4.69, 9.17) is 16.3 Å². The van der Waals surface area contributed by atoms with Gasteiger partial charge in [0.1, 0.15) is 17.2 Å². The number of amides is 1. The molecule has 31 heavy (non-hydrogen) atoms. The maximum Gasteiger partial charge on any atom is 0.397 e. The highest BCUT2D eigenvalue weighted by Crippen LogP contribution is 2.57. The van der Waals surface area contributed by atoms with E-state index in [0.29, 0.717) is 5.82 Å². The maximum atomic E-state index is 13.0. The van der Waals surface area contributed by atoms with Crippen LogP contribution in [0.2, 0.25) is 5.15 Å². The summed E-state index contributed by atoms with van der Waals surface area (Å²) in [5.41, 5.74) is -1.59. The number of benzene rings is 1. The molecule has 6 nitrogen and oxygen atoms in total. The van der Waals surface area contributed by atoms with Gasteiger partial charge in [-0.05, 0) is 49.1 Å². The number of carbonyl (C=O) groups excluding carboxylic acids is 1. The zero-order valence-electron chi connectivity index (χ0n) is 15.9. The number of aromatic nitrogens is 3. The van der Waals surface area contributed by atoms with Gasteiger partial charge in [-0.1, -0.05) is 29.8 Å². The Balaban J connectivity index is 1.39. The fraction of sp³-hybridized carbons (Fsp3) is 0.250. The number of rotatable bonds is 7. The largest absolute Gasteiger partial charge is 0.476 e. The van der Waals surface area contributed by atoms with Crippen molar-refractivity contribution in [3.63, 3.8) is 0 Å². The van der Waals surface area contributed by atoms with Crippen LogP contribution in [0.1, 0.15) is 23.2 Å². The molecule has 0 radical (unpaired) electrons. The number of nitrogens with zero attached hydrogens (tertiary/aromatic N) is 3. The highest BCUT2D eigenvalue weighted by atomic mass is 35.5. The average molecular weight is 469 g/mol. The molecule has 4 rings (SSSR count). The lowest BCUT2D eigenvalue weighted by atomic mass is 10.1. The molecule has 1 N–H and O–H groups in total. The summed E-state index contributed by atoms with van der Waals surface area (Å²) in [5, 5.41) is 4.05. The SMILES string of the molecule is O=C(NSc1ccccc1)c1ccc(-n2ccc(OCC3(C(F)(F)F)CC3)n2)nc1Cl. The van der Waals surface area contributed by atoms with Crippen LogP contribution in [0.25, 0.3) is 5.82 Å². The second-order valence-electron chi connectivity index (χ2n) is 7.02. The van der Waals surface area contributed by atoms with E-state index in [9.17, 15) is 18.0 Å². The van der Waals surface area contributed by atoms with Gasteiger partial charge in [0.05, 0.1) is 5.56 Å². The molecule has 162 valence electrons.